The van der Waals surface area contributed by atoms with Crippen molar-refractivity contribution in [3.05, 3.63) is 23.8 Å². The summed E-state index contributed by atoms with van der Waals surface area (Å²) in [6, 6.07) is 3.64. The molecule has 1 rings (SSSR count). The molecule has 0 atom stereocenters. The van der Waals surface area contributed by atoms with Crippen LogP contribution in [-0.4, -0.2) is 32.2 Å². The van der Waals surface area contributed by atoms with E-state index in [9.17, 15) is 4.79 Å². The van der Waals surface area contributed by atoms with Crippen LogP contribution in [0.1, 0.15) is 12.0 Å². The van der Waals surface area contributed by atoms with Crippen LogP contribution in [0.25, 0.3) is 0 Å². The number of phenolic OH excluding ortho intramolecular Hbond substituents is 2. The fourth-order valence-electron chi connectivity index (χ4n) is 1.04. The van der Waals surface area contributed by atoms with Crippen molar-refractivity contribution in [3.63, 3.8) is 0 Å². The minimum absolute atomic E-state index is 0.0993. The number of carboxylic acids is 1. The Labute approximate surface area is 84.7 Å². The monoisotopic (exact) mass is 211 g/mol. The van der Waals surface area contributed by atoms with Gasteiger partial charge in [-0.15, -0.1) is 0 Å². The standard InChI is InChI=1S/C9H9NO5/c11-7-2-1-5(3-8(7)12)6(10-15)4-9(13)14/h1-3,11-12,15H,4H2,(H,13,14). The normalized spacial score (nSPS) is 11.3. The van der Waals surface area contributed by atoms with Crippen LogP contribution in [0.15, 0.2) is 23.4 Å². The minimum Gasteiger partial charge on any atom is -0.504 e. The van der Waals surface area contributed by atoms with Crippen LogP contribution in [-0.2, 0) is 4.79 Å². The zero-order valence-electron chi connectivity index (χ0n) is 7.58. The predicted octanol–water partition coefficient (Wildman–Crippen LogP) is 0.751. The number of carbonyl (C=O) groups is 1. The first-order valence-electron chi connectivity index (χ1n) is 3.99. The molecule has 1 aromatic rings. The molecule has 0 saturated heterocycles. The van der Waals surface area contributed by atoms with E-state index in [2.05, 4.69) is 5.16 Å². The van der Waals surface area contributed by atoms with E-state index in [1.165, 1.54) is 12.1 Å². The number of rotatable bonds is 3. The van der Waals surface area contributed by atoms with Crippen molar-refractivity contribution >= 4 is 11.7 Å². The zero-order chi connectivity index (χ0) is 11.4. The number of hydrogen-bond donors (Lipinski definition) is 4. The largest absolute Gasteiger partial charge is 0.504 e. The number of oxime groups is 1. The lowest BCUT2D eigenvalue weighted by Crippen LogP contribution is -2.08. The number of nitrogens with zero attached hydrogens (tertiary/aromatic N) is 1. The minimum atomic E-state index is -1.16. The fraction of sp³-hybridized carbons (Fsp3) is 0.111. The Kier molecular flexibility index (Phi) is 3.12. The van der Waals surface area contributed by atoms with Crippen LogP contribution in [0.4, 0.5) is 0 Å². The van der Waals surface area contributed by atoms with Crippen molar-refractivity contribution < 1.29 is 25.3 Å². The first kappa shape index (κ1) is 10.8. The van der Waals surface area contributed by atoms with Gasteiger partial charge in [0.25, 0.3) is 0 Å². The second-order valence-electron chi connectivity index (χ2n) is 2.82. The molecular weight excluding hydrogens is 202 g/mol. The van der Waals surface area contributed by atoms with E-state index in [1.807, 2.05) is 0 Å². The van der Waals surface area contributed by atoms with Crippen molar-refractivity contribution in [1.82, 2.24) is 0 Å². The van der Waals surface area contributed by atoms with Gasteiger partial charge in [-0.25, -0.2) is 0 Å². The lowest BCUT2D eigenvalue weighted by atomic mass is 10.1. The van der Waals surface area contributed by atoms with E-state index in [-0.39, 0.29) is 17.0 Å². The fourth-order valence-corrected chi connectivity index (χ4v) is 1.04. The number of aromatic hydroxyl groups is 2. The van der Waals surface area contributed by atoms with E-state index in [1.54, 1.807) is 0 Å². The maximum Gasteiger partial charge on any atom is 0.309 e. The average Bonchev–Trinajstić information content (AvgIpc) is 2.18. The molecule has 0 spiro atoms. The van der Waals surface area contributed by atoms with Gasteiger partial charge in [0.2, 0.25) is 0 Å². The lowest BCUT2D eigenvalue weighted by molar-refractivity contribution is -0.135. The molecule has 0 heterocycles. The van der Waals surface area contributed by atoms with Crippen LogP contribution < -0.4 is 0 Å². The smallest absolute Gasteiger partial charge is 0.309 e. The van der Waals surface area contributed by atoms with E-state index in [0.29, 0.717) is 0 Å². The molecule has 6 heteroatoms. The van der Waals surface area contributed by atoms with Gasteiger partial charge in [-0.2, -0.15) is 0 Å². The van der Waals surface area contributed by atoms with Crippen LogP contribution in [0, 0.1) is 0 Å². The first-order valence-corrected chi connectivity index (χ1v) is 3.99. The van der Waals surface area contributed by atoms with E-state index < -0.39 is 18.1 Å². The molecule has 0 radical (unpaired) electrons. The molecule has 4 N–H and O–H groups in total. The summed E-state index contributed by atoms with van der Waals surface area (Å²) in [6.45, 7) is 0. The Morgan fingerprint density at radius 2 is 1.93 bits per heavy atom. The Morgan fingerprint density at radius 1 is 1.27 bits per heavy atom. The van der Waals surface area contributed by atoms with Crippen LogP contribution >= 0.6 is 0 Å². The average molecular weight is 211 g/mol. The summed E-state index contributed by atoms with van der Waals surface area (Å²) in [7, 11) is 0. The third-order valence-electron chi connectivity index (χ3n) is 1.75. The number of phenols is 2. The van der Waals surface area contributed by atoms with Crippen molar-refractivity contribution in [1.29, 1.82) is 0 Å². The molecule has 0 unspecified atom stereocenters. The topological polar surface area (TPSA) is 110 Å². The summed E-state index contributed by atoms with van der Waals surface area (Å²) in [5.74, 6) is -1.89. The van der Waals surface area contributed by atoms with Crippen molar-refractivity contribution in [2.75, 3.05) is 0 Å². The van der Waals surface area contributed by atoms with Crippen molar-refractivity contribution in [3.8, 4) is 11.5 Å². The molecular formula is C9H9NO5. The van der Waals surface area contributed by atoms with Gasteiger partial charge in [0.15, 0.2) is 11.5 Å². The van der Waals surface area contributed by atoms with Gasteiger partial charge in [-0.3, -0.25) is 4.79 Å². The van der Waals surface area contributed by atoms with Crippen LogP contribution in [0.3, 0.4) is 0 Å². The maximum atomic E-state index is 10.4. The predicted molar refractivity (Wildman–Crippen MR) is 50.3 cm³/mol. The first-order chi connectivity index (χ1) is 7.04. The molecule has 0 aliphatic heterocycles. The molecule has 80 valence electrons. The van der Waals surface area contributed by atoms with E-state index in [0.717, 1.165) is 6.07 Å². The second-order valence-corrected chi connectivity index (χ2v) is 2.82. The molecule has 15 heavy (non-hydrogen) atoms. The Balaban J connectivity index is 3.03. The Bertz CT molecular complexity index is 413. The molecule has 0 saturated carbocycles. The highest BCUT2D eigenvalue weighted by Crippen LogP contribution is 2.25. The summed E-state index contributed by atoms with van der Waals surface area (Å²) in [5, 5.41) is 38.0. The number of aliphatic carboxylic acids is 1. The molecule has 0 aliphatic carbocycles. The summed E-state index contributed by atoms with van der Waals surface area (Å²) in [5.41, 5.74) is 0.132. The number of hydrogen-bond acceptors (Lipinski definition) is 5. The van der Waals surface area contributed by atoms with Gasteiger partial charge in [0.1, 0.15) is 0 Å². The summed E-state index contributed by atoms with van der Waals surface area (Å²) in [6.07, 6.45) is -0.472. The summed E-state index contributed by atoms with van der Waals surface area (Å²) in [4.78, 5) is 10.4. The van der Waals surface area contributed by atoms with Crippen molar-refractivity contribution in [2.24, 2.45) is 5.16 Å². The molecule has 0 fully saturated rings. The second kappa shape index (κ2) is 4.32. The molecule has 6 nitrogen and oxygen atoms in total. The van der Waals surface area contributed by atoms with Crippen LogP contribution in [0.5, 0.6) is 11.5 Å². The van der Waals surface area contributed by atoms with Gasteiger partial charge in [-0.1, -0.05) is 5.16 Å². The van der Waals surface area contributed by atoms with Gasteiger partial charge in [0.05, 0.1) is 12.1 Å². The third-order valence-corrected chi connectivity index (χ3v) is 1.75. The number of benzene rings is 1. The molecule has 1 aromatic carbocycles. The Morgan fingerprint density at radius 3 is 2.40 bits per heavy atom. The highest BCUT2D eigenvalue weighted by Gasteiger charge is 2.11. The highest BCUT2D eigenvalue weighted by atomic mass is 16.4. The number of carboxylic acid groups (broad SMARTS) is 1. The third kappa shape index (κ3) is 2.60. The summed E-state index contributed by atoms with van der Waals surface area (Å²) < 4.78 is 0. The quantitative estimate of drug-likeness (QED) is 0.255. The van der Waals surface area contributed by atoms with E-state index in [4.69, 9.17) is 20.5 Å². The molecule has 0 aliphatic rings. The van der Waals surface area contributed by atoms with Gasteiger partial charge in [0, 0.05) is 5.56 Å². The van der Waals surface area contributed by atoms with Gasteiger partial charge in [-0.05, 0) is 18.2 Å². The van der Waals surface area contributed by atoms with Crippen molar-refractivity contribution in [2.45, 2.75) is 6.42 Å². The molecule has 0 amide bonds. The zero-order valence-corrected chi connectivity index (χ0v) is 7.58. The van der Waals surface area contributed by atoms with Gasteiger partial charge < -0.3 is 20.5 Å². The van der Waals surface area contributed by atoms with Crippen LogP contribution in [0.2, 0.25) is 0 Å². The van der Waals surface area contributed by atoms with Gasteiger partial charge >= 0.3 is 5.97 Å². The highest BCUT2D eigenvalue weighted by molar-refractivity contribution is 6.08. The maximum absolute atomic E-state index is 10.4. The SMILES string of the molecule is O=C(O)CC(=NO)c1ccc(O)c(O)c1. The Hall–Kier alpha value is -2.24. The lowest BCUT2D eigenvalue weighted by Gasteiger charge is -2.03. The molecule has 0 aromatic heterocycles. The molecule has 0 bridgehead atoms. The summed E-state index contributed by atoms with van der Waals surface area (Å²) >= 11 is 0. The van der Waals surface area contributed by atoms with E-state index >= 15 is 0 Å².